The normalized spacial score (nSPS) is 18.5. The van der Waals surface area contributed by atoms with Crippen LogP contribution in [0.25, 0.3) is 32.9 Å². The number of rotatable bonds is 5. The lowest BCUT2D eigenvalue weighted by Gasteiger charge is -2.33. The van der Waals surface area contributed by atoms with Gasteiger partial charge in [0.2, 0.25) is 5.88 Å². The van der Waals surface area contributed by atoms with E-state index < -0.39 is 5.97 Å². The number of aromatic nitrogens is 3. The molecule has 2 N–H and O–H groups in total. The summed E-state index contributed by atoms with van der Waals surface area (Å²) >= 11 is 0. The molecule has 6 nitrogen and oxygen atoms in total. The second-order valence-corrected chi connectivity index (χ2v) is 8.44. The van der Waals surface area contributed by atoms with Gasteiger partial charge in [-0.2, -0.15) is 5.10 Å². The van der Waals surface area contributed by atoms with Gasteiger partial charge in [-0.15, -0.1) is 0 Å². The molecule has 0 bridgehead atoms. The van der Waals surface area contributed by atoms with Gasteiger partial charge in [0.25, 0.3) is 0 Å². The molecule has 1 aliphatic carbocycles. The Labute approximate surface area is 178 Å². The Hall–Kier alpha value is -3.48. The van der Waals surface area contributed by atoms with E-state index in [1.165, 1.54) is 12.1 Å². The Bertz CT molecular complexity index is 1290. The van der Waals surface area contributed by atoms with Crippen LogP contribution in [0.2, 0.25) is 0 Å². The molecule has 7 heteroatoms. The molecule has 1 aliphatic rings. The second kappa shape index (κ2) is 7.34. The maximum atomic E-state index is 13.7. The highest BCUT2D eigenvalue weighted by Gasteiger charge is 2.37. The average Bonchev–Trinajstić information content (AvgIpc) is 3.15. The zero-order valence-corrected chi connectivity index (χ0v) is 17.2. The van der Waals surface area contributed by atoms with Crippen molar-refractivity contribution in [1.82, 2.24) is 15.2 Å². The molecular weight excluding hydrogens is 397 g/mol. The van der Waals surface area contributed by atoms with Crippen molar-refractivity contribution >= 4 is 27.8 Å². The number of pyridine rings is 1. The minimum atomic E-state index is -0.788. The predicted molar refractivity (Wildman–Crippen MR) is 116 cm³/mol. The lowest BCUT2D eigenvalue weighted by atomic mass is 9.82. The number of benzene rings is 2. The number of ether oxygens (including phenoxy) is 1. The third-order valence-electron chi connectivity index (χ3n) is 5.98. The average molecular weight is 419 g/mol. The molecule has 1 saturated carbocycles. The first-order valence-corrected chi connectivity index (χ1v) is 10.4. The summed E-state index contributed by atoms with van der Waals surface area (Å²) in [5, 5.41) is 18.2. The molecular formula is C24H22FN3O3. The topological polar surface area (TPSA) is 88.1 Å². The van der Waals surface area contributed by atoms with Gasteiger partial charge >= 0.3 is 5.97 Å². The van der Waals surface area contributed by atoms with Crippen LogP contribution < -0.4 is 4.74 Å². The number of aromatic amines is 1. The number of carboxylic acids is 1. The van der Waals surface area contributed by atoms with Crippen LogP contribution >= 0.6 is 0 Å². The van der Waals surface area contributed by atoms with E-state index in [-0.39, 0.29) is 23.8 Å². The molecule has 1 fully saturated rings. The van der Waals surface area contributed by atoms with Crippen molar-refractivity contribution in [3.05, 3.63) is 54.0 Å². The number of nitrogens with one attached hydrogen (secondary N) is 1. The second-order valence-electron chi connectivity index (χ2n) is 8.44. The van der Waals surface area contributed by atoms with Crippen LogP contribution in [0.1, 0.15) is 38.2 Å². The molecule has 0 atom stereocenters. The van der Waals surface area contributed by atoms with Gasteiger partial charge in [-0.1, -0.05) is 26.0 Å². The fourth-order valence-corrected chi connectivity index (χ4v) is 4.27. The standard InChI is InChI=1S/C24H22FN3O3/c1-12(2)21-22(13-3-5-16(25)6-4-13)18-9-15-11-26-28-19(15)10-20(18)27-23(21)31-17-7-14(8-17)24(29)30/h3-6,9-12,14,17H,7-8H2,1-2H3,(H,26,28)(H,29,30). The van der Waals surface area contributed by atoms with E-state index in [0.717, 1.165) is 38.5 Å². The molecule has 0 unspecified atom stereocenters. The predicted octanol–water partition coefficient (Wildman–Crippen LogP) is 5.28. The number of carbonyl (C=O) groups is 1. The third-order valence-corrected chi connectivity index (χ3v) is 5.98. The smallest absolute Gasteiger partial charge is 0.306 e. The van der Waals surface area contributed by atoms with Gasteiger partial charge in [-0.3, -0.25) is 9.89 Å². The number of nitrogens with zero attached hydrogens (tertiary/aromatic N) is 2. The van der Waals surface area contributed by atoms with Crippen LogP contribution in [0.3, 0.4) is 0 Å². The molecule has 0 radical (unpaired) electrons. The largest absolute Gasteiger partial charge is 0.481 e. The summed E-state index contributed by atoms with van der Waals surface area (Å²) in [6.45, 7) is 4.14. The van der Waals surface area contributed by atoms with Crippen molar-refractivity contribution in [3.8, 4) is 17.0 Å². The molecule has 158 valence electrons. The van der Waals surface area contributed by atoms with Gasteiger partial charge < -0.3 is 9.84 Å². The van der Waals surface area contributed by atoms with Crippen LogP contribution in [-0.2, 0) is 4.79 Å². The van der Waals surface area contributed by atoms with Gasteiger partial charge in [0.1, 0.15) is 11.9 Å². The van der Waals surface area contributed by atoms with Crippen molar-refractivity contribution < 1.29 is 19.0 Å². The molecule has 5 rings (SSSR count). The first-order chi connectivity index (χ1) is 14.9. The molecule has 0 spiro atoms. The first-order valence-electron chi connectivity index (χ1n) is 10.4. The molecule has 2 heterocycles. The van der Waals surface area contributed by atoms with Crippen LogP contribution in [0.5, 0.6) is 5.88 Å². The molecule has 2 aromatic carbocycles. The van der Waals surface area contributed by atoms with Crippen LogP contribution in [-0.4, -0.2) is 32.4 Å². The zero-order chi connectivity index (χ0) is 21.7. The van der Waals surface area contributed by atoms with Crippen LogP contribution in [0.15, 0.2) is 42.6 Å². The van der Waals surface area contributed by atoms with Gasteiger partial charge in [0, 0.05) is 16.3 Å². The molecule has 0 saturated heterocycles. The monoisotopic (exact) mass is 419 g/mol. The molecule has 0 aliphatic heterocycles. The Morgan fingerprint density at radius 1 is 1.23 bits per heavy atom. The SMILES string of the molecule is CC(C)c1c(OC2CC(C(=O)O)C2)nc2cc3[nH]ncc3cc2c1-c1ccc(F)cc1. The Morgan fingerprint density at radius 3 is 2.65 bits per heavy atom. The van der Waals surface area contributed by atoms with Gasteiger partial charge in [0.15, 0.2) is 0 Å². The molecule has 31 heavy (non-hydrogen) atoms. The lowest BCUT2D eigenvalue weighted by molar-refractivity contribution is -0.148. The van der Waals surface area contributed by atoms with E-state index in [4.69, 9.17) is 9.72 Å². The molecule has 2 aromatic heterocycles. The summed E-state index contributed by atoms with van der Waals surface area (Å²) < 4.78 is 19.9. The highest BCUT2D eigenvalue weighted by atomic mass is 19.1. The minimum absolute atomic E-state index is 0.0855. The lowest BCUT2D eigenvalue weighted by Crippen LogP contribution is -2.38. The van der Waals surface area contributed by atoms with Crippen LogP contribution in [0, 0.1) is 11.7 Å². The molecule has 0 amide bonds. The van der Waals surface area contributed by atoms with Crippen molar-refractivity contribution in [3.63, 3.8) is 0 Å². The quantitative estimate of drug-likeness (QED) is 0.459. The Balaban J connectivity index is 1.72. The number of hydrogen-bond donors (Lipinski definition) is 2. The van der Waals surface area contributed by atoms with Gasteiger partial charge in [-0.25, -0.2) is 9.37 Å². The zero-order valence-electron chi connectivity index (χ0n) is 17.2. The summed E-state index contributed by atoms with van der Waals surface area (Å²) in [7, 11) is 0. The number of H-pyrrole nitrogens is 1. The maximum Gasteiger partial charge on any atom is 0.306 e. The number of aliphatic carboxylic acids is 1. The van der Waals surface area contributed by atoms with E-state index in [1.807, 2.05) is 12.1 Å². The summed E-state index contributed by atoms with van der Waals surface area (Å²) in [5.41, 5.74) is 4.36. The van der Waals surface area contributed by atoms with Gasteiger partial charge in [0.05, 0.1) is 23.1 Å². The van der Waals surface area contributed by atoms with Crippen molar-refractivity contribution in [1.29, 1.82) is 0 Å². The summed E-state index contributed by atoms with van der Waals surface area (Å²) in [6, 6.07) is 10.4. The summed E-state index contributed by atoms with van der Waals surface area (Å²) in [6.07, 6.45) is 2.53. The fourth-order valence-electron chi connectivity index (χ4n) is 4.27. The Kier molecular flexibility index (Phi) is 4.61. The maximum absolute atomic E-state index is 13.7. The number of hydrogen-bond acceptors (Lipinski definition) is 4. The van der Waals surface area contributed by atoms with E-state index in [0.29, 0.717) is 18.7 Å². The molecule has 4 aromatic rings. The van der Waals surface area contributed by atoms with Crippen LogP contribution in [0.4, 0.5) is 4.39 Å². The summed E-state index contributed by atoms with van der Waals surface area (Å²) in [5.74, 6) is -0.855. The van der Waals surface area contributed by atoms with Crippen molar-refractivity contribution in [2.24, 2.45) is 5.92 Å². The Morgan fingerprint density at radius 2 is 1.97 bits per heavy atom. The van der Waals surface area contributed by atoms with E-state index in [9.17, 15) is 14.3 Å². The first kappa shape index (κ1) is 19.5. The highest BCUT2D eigenvalue weighted by Crippen LogP contribution is 2.43. The number of fused-ring (bicyclic) bond motifs is 2. The van der Waals surface area contributed by atoms with Crippen molar-refractivity contribution in [2.45, 2.75) is 38.7 Å². The third kappa shape index (κ3) is 3.40. The van der Waals surface area contributed by atoms with E-state index >= 15 is 0 Å². The summed E-state index contributed by atoms with van der Waals surface area (Å²) in [4.78, 5) is 16.0. The van der Waals surface area contributed by atoms with E-state index in [1.54, 1.807) is 18.3 Å². The number of halogens is 1. The minimum Gasteiger partial charge on any atom is -0.481 e. The van der Waals surface area contributed by atoms with E-state index in [2.05, 4.69) is 24.0 Å². The highest BCUT2D eigenvalue weighted by molar-refractivity contribution is 6.04. The number of carboxylic acid groups (broad SMARTS) is 1. The van der Waals surface area contributed by atoms with Crippen molar-refractivity contribution in [2.75, 3.05) is 0 Å². The fraction of sp³-hybridized carbons (Fsp3) is 0.292. The van der Waals surface area contributed by atoms with Gasteiger partial charge in [-0.05, 0) is 54.2 Å².